The number of rotatable bonds is 12. The number of para-hydroxylation sites is 1. The fourth-order valence-corrected chi connectivity index (χ4v) is 5.56. The van der Waals surface area contributed by atoms with Gasteiger partial charge in [-0.15, -0.1) is 17.9 Å². The lowest BCUT2D eigenvalue weighted by Crippen LogP contribution is -2.40. The molecule has 2 aromatic rings. The van der Waals surface area contributed by atoms with Gasteiger partial charge >= 0.3 is 0 Å². The molecule has 2 heterocycles. The van der Waals surface area contributed by atoms with Crippen molar-refractivity contribution >= 4 is 27.5 Å². The van der Waals surface area contributed by atoms with Crippen molar-refractivity contribution in [3.8, 4) is 0 Å². The molecule has 5 heteroatoms. The van der Waals surface area contributed by atoms with E-state index in [4.69, 9.17) is 10.1 Å². The maximum Gasteiger partial charge on any atom is 0.233 e. The Kier molecular flexibility index (Phi) is 9.34. The monoisotopic (exact) mass is 428 g/mol. The Labute approximate surface area is 185 Å². The second-order valence-electron chi connectivity index (χ2n) is 8.42. The molecule has 0 unspecified atom stereocenters. The van der Waals surface area contributed by atoms with Crippen molar-refractivity contribution in [2.75, 3.05) is 19.7 Å². The summed E-state index contributed by atoms with van der Waals surface area (Å²) < 4.78 is 1.15. The van der Waals surface area contributed by atoms with Gasteiger partial charge in [-0.1, -0.05) is 50.3 Å². The Morgan fingerprint density at radius 1 is 1.10 bits per heavy atom. The Bertz CT molecular complexity index is 764. The van der Waals surface area contributed by atoms with Gasteiger partial charge in [0.25, 0.3) is 0 Å². The van der Waals surface area contributed by atoms with Crippen molar-refractivity contribution < 1.29 is 9.90 Å². The van der Waals surface area contributed by atoms with Gasteiger partial charge in [-0.25, -0.2) is 4.98 Å². The van der Waals surface area contributed by atoms with Crippen molar-refractivity contribution in [1.29, 1.82) is 0 Å². The zero-order valence-electron chi connectivity index (χ0n) is 18.1. The smallest absolute Gasteiger partial charge is 0.233 e. The highest BCUT2D eigenvalue weighted by atomic mass is 32.1. The third kappa shape index (κ3) is 6.14. The van der Waals surface area contributed by atoms with Crippen LogP contribution in [0.4, 0.5) is 0 Å². The standard InChI is InChI=1S/C25H36N2O2S/c1-2-20(14-8-5-3-4-6-13-19-28)23(25(29)27-17-11-7-12-18-27)24-26-21-15-9-10-16-22(21)30-24/h2,9-10,15-16,20,23,28H,1,3-8,11-14,17-19H2/t20-,23+/m1/s1. The van der Waals surface area contributed by atoms with E-state index in [9.17, 15) is 4.79 Å². The lowest BCUT2D eigenvalue weighted by Gasteiger charge is -2.32. The number of thiazole rings is 1. The Morgan fingerprint density at radius 3 is 2.50 bits per heavy atom. The number of benzene rings is 1. The number of fused-ring (bicyclic) bond motifs is 1. The van der Waals surface area contributed by atoms with E-state index in [0.29, 0.717) is 6.61 Å². The highest BCUT2D eigenvalue weighted by Crippen LogP contribution is 2.37. The van der Waals surface area contributed by atoms with Crippen molar-refractivity contribution in [1.82, 2.24) is 9.88 Å². The van der Waals surface area contributed by atoms with Gasteiger partial charge in [0.05, 0.1) is 16.1 Å². The van der Waals surface area contributed by atoms with Crippen LogP contribution in [0.1, 0.15) is 75.1 Å². The third-order valence-corrected chi connectivity index (χ3v) is 7.31. The number of nitrogens with zero attached hydrogens (tertiary/aromatic N) is 2. The lowest BCUT2D eigenvalue weighted by molar-refractivity contribution is -0.134. The van der Waals surface area contributed by atoms with Gasteiger partial charge in [0.15, 0.2) is 0 Å². The quantitative estimate of drug-likeness (QED) is 0.337. The summed E-state index contributed by atoms with van der Waals surface area (Å²) >= 11 is 1.66. The van der Waals surface area contributed by atoms with Gasteiger partial charge in [-0.2, -0.15) is 0 Å². The number of carbonyl (C=O) groups is 1. The van der Waals surface area contributed by atoms with Crippen LogP contribution in [0.3, 0.4) is 0 Å². The number of aromatic nitrogens is 1. The Morgan fingerprint density at radius 2 is 1.80 bits per heavy atom. The molecule has 1 aliphatic heterocycles. The zero-order chi connectivity index (χ0) is 21.2. The van der Waals surface area contributed by atoms with Gasteiger partial charge in [0.2, 0.25) is 5.91 Å². The largest absolute Gasteiger partial charge is 0.396 e. The first-order chi connectivity index (χ1) is 14.7. The van der Waals surface area contributed by atoms with Crippen LogP contribution >= 0.6 is 11.3 Å². The van der Waals surface area contributed by atoms with Crippen LogP contribution in [0.25, 0.3) is 10.2 Å². The molecule has 1 aromatic heterocycles. The first kappa shape index (κ1) is 23.0. The predicted molar refractivity (Wildman–Crippen MR) is 126 cm³/mol. The number of piperidine rings is 1. The van der Waals surface area contributed by atoms with Gasteiger partial charge in [-0.05, 0) is 50.2 Å². The van der Waals surface area contributed by atoms with E-state index in [2.05, 4.69) is 17.5 Å². The molecule has 1 fully saturated rings. The van der Waals surface area contributed by atoms with E-state index < -0.39 is 0 Å². The molecule has 1 N–H and O–H groups in total. The van der Waals surface area contributed by atoms with E-state index >= 15 is 0 Å². The van der Waals surface area contributed by atoms with Crippen LogP contribution in [0, 0.1) is 5.92 Å². The van der Waals surface area contributed by atoms with Crippen LogP contribution in [0.2, 0.25) is 0 Å². The molecule has 164 valence electrons. The molecule has 0 spiro atoms. The summed E-state index contributed by atoms with van der Waals surface area (Å²) in [5.74, 6) is 0.145. The fourth-order valence-electron chi connectivity index (χ4n) is 4.43. The van der Waals surface area contributed by atoms with E-state index in [1.54, 1.807) is 11.3 Å². The van der Waals surface area contributed by atoms with Gasteiger partial charge < -0.3 is 10.0 Å². The number of aliphatic hydroxyl groups excluding tert-OH is 1. The number of aliphatic hydroxyl groups is 1. The normalized spacial score (nSPS) is 16.5. The minimum absolute atomic E-state index is 0.123. The van der Waals surface area contributed by atoms with Crippen LogP contribution in [-0.2, 0) is 4.79 Å². The van der Waals surface area contributed by atoms with Gasteiger partial charge in [0.1, 0.15) is 5.01 Å². The first-order valence-electron chi connectivity index (χ1n) is 11.6. The van der Waals surface area contributed by atoms with Gasteiger partial charge in [-0.3, -0.25) is 4.79 Å². The number of likely N-dealkylation sites (tertiary alicyclic amines) is 1. The lowest BCUT2D eigenvalue weighted by atomic mass is 9.86. The second-order valence-corrected chi connectivity index (χ2v) is 9.48. The van der Waals surface area contributed by atoms with Crippen LogP contribution < -0.4 is 0 Å². The molecule has 1 amide bonds. The Balaban J connectivity index is 1.71. The van der Waals surface area contributed by atoms with Crippen LogP contribution in [0.15, 0.2) is 36.9 Å². The number of hydrogen-bond donors (Lipinski definition) is 1. The molecule has 1 aromatic carbocycles. The molecule has 0 saturated carbocycles. The summed E-state index contributed by atoms with van der Waals surface area (Å²) in [4.78, 5) is 20.5. The highest BCUT2D eigenvalue weighted by Gasteiger charge is 2.34. The molecule has 0 radical (unpaired) electrons. The summed E-state index contributed by atoms with van der Waals surface area (Å²) in [5.41, 5.74) is 0.987. The van der Waals surface area contributed by atoms with Crippen molar-refractivity contribution in [2.24, 2.45) is 5.92 Å². The summed E-state index contributed by atoms with van der Waals surface area (Å²) in [7, 11) is 0. The number of hydrogen-bond acceptors (Lipinski definition) is 4. The maximum atomic E-state index is 13.6. The molecule has 4 nitrogen and oxygen atoms in total. The minimum Gasteiger partial charge on any atom is -0.396 e. The topological polar surface area (TPSA) is 53.4 Å². The second kappa shape index (κ2) is 12.2. The summed E-state index contributed by atoms with van der Waals surface area (Å²) in [6, 6.07) is 8.17. The number of amides is 1. The average Bonchev–Trinajstić information content (AvgIpc) is 3.21. The molecular weight excluding hydrogens is 392 g/mol. The molecule has 30 heavy (non-hydrogen) atoms. The van der Waals surface area contributed by atoms with E-state index in [-0.39, 0.29) is 17.7 Å². The number of unbranched alkanes of at least 4 members (excludes halogenated alkanes) is 5. The summed E-state index contributed by atoms with van der Waals surface area (Å²) in [6.45, 7) is 6.14. The van der Waals surface area contributed by atoms with Crippen molar-refractivity contribution in [3.63, 3.8) is 0 Å². The SMILES string of the molecule is C=C[C@H](CCCCCCCCO)[C@H](C(=O)N1CCCCC1)c1nc2ccccc2s1. The Hall–Kier alpha value is -1.72. The highest BCUT2D eigenvalue weighted by molar-refractivity contribution is 7.18. The maximum absolute atomic E-state index is 13.6. The summed E-state index contributed by atoms with van der Waals surface area (Å²) in [6.07, 6.45) is 13.0. The zero-order valence-corrected chi connectivity index (χ0v) is 18.9. The molecule has 0 aliphatic carbocycles. The van der Waals surface area contributed by atoms with E-state index in [1.165, 1.54) is 25.7 Å². The molecular formula is C25H36N2O2S. The molecule has 2 atom stereocenters. The number of carbonyl (C=O) groups excluding carboxylic acids is 1. The molecule has 0 bridgehead atoms. The molecule has 1 saturated heterocycles. The number of allylic oxidation sites excluding steroid dienone is 1. The van der Waals surface area contributed by atoms with E-state index in [0.717, 1.165) is 66.8 Å². The predicted octanol–water partition coefficient (Wildman–Crippen LogP) is 5.92. The fraction of sp³-hybridized carbons (Fsp3) is 0.600. The summed E-state index contributed by atoms with van der Waals surface area (Å²) in [5, 5.41) is 9.85. The van der Waals surface area contributed by atoms with E-state index in [1.807, 2.05) is 24.3 Å². The van der Waals surface area contributed by atoms with Gasteiger partial charge in [0, 0.05) is 19.7 Å². The van der Waals surface area contributed by atoms with Crippen LogP contribution in [0.5, 0.6) is 0 Å². The van der Waals surface area contributed by atoms with Crippen molar-refractivity contribution in [3.05, 3.63) is 41.9 Å². The molecule has 1 aliphatic rings. The van der Waals surface area contributed by atoms with Crippen molar-refractivity contribution in [2.45, 2.75) is 70.1 Å². The molecule has 3 rings (SSSR count). The van der Waals surface area contributed by atoms with Crippen LogP contribution in [-0.4, -0.2) is 40.6 Å². The third-order valence-electron chi connectivity index (χ3n) is 6.19. The average molecular weight is 429 g/mol. The minimum atomic E-state index is -0.215. The first-order valence-corrected chi connectivity index (χ1v) is 12.4.